The number of ether oxygens (including phenoxy) is 2. The zero-order valence-electron chi connectivity index (χ0n) is 9.85. The SMILES string of the molecule is COC(=O)c1cc2c(O)ccc(OC)c2n1C. The van der Waals surface area contributed by atoms with Gasteiger partial charge in [0.15, 0.2) is 0 Å². The van der Waals surface area contributed by atoms with E-state index >= 15 is 0 Å². The number of phenolic OH excluding ortho intramolecular Hbond substituents is 1. The van der Waals surface area contributed by atoms with Crippen molar-refractivity contribution in [3.8, 4) is 11.5 Å². The first-order valence-electron chi connectivity index (χ1n) is 5.03. The number of carbonyl (C=O) groups excluding carboxylic acids is 1. The lowest BCUT2D eigenvalue weighted by Gasteiger charge is -2.06. The van der Waals surface area contributed by atoms with Crippen molar-refractivity contribution in [2.45, 2.75) is 0 Å². The van der Waals surface area contributed by atoms with Crippen LogP contribution in [0.1, 0.15) is 10.5 Å². The molecular formula is C12H13NO4. The molecule has 17 heavy (non-hydrogen) atoms. The van der Waals surface area contributed by atoms with Gasteiger partial charge >= 0.3 is 5.97 Å². The number of esters is 1. The summed E-state index contributed by atoms with van der Waals surface area (Å²) in [5.74, 6) is 0.243. The number of hydrogen-bond acceptors (Lipinski definition) is 4. The molecule has 0 radical (unpaired) electrons. The van der Waals surface area contributed by atoms with Gasteiger partial charge in [-0.15, -0.1) is 0 Å². The van der Waals surface area contributed by atoms with E-state index in [0.29, 0.717) is 22.3 Å². The third-order valence-corrected chi connectivity index (χ3v) is 2.75. The van der Waals surface area contributed by atoms with Gasteiger partial charge in [0.2, 0.25) is 0 Å². The van der Waals surface area contributed by atoms with Crippen molar-refractivity contribution < 1.29 is 19.4 Å². The molecule has 0 unspecified atom stereocenters. The molecule has 5 heteroatoms. The number of phenols is 1. The monoisotopic (exact) mass is 235 g/mol. The van der Waals surface area contributed by atoms with Crippen molar-refractivity contribution >= 4 is 16.9 Å². The molecular weight excluding hydrogens is 222 g/mol. The Balaban J connectivity index is 2.81. The summed E-state index contributed by atoms with van der Waals surface area (Å²) < 4.78 is 11.5. The number of carbonyl (C=O) groups is 1. The van der Waals surface area contributed by atoms with E-state index in [4.69, 9.17) is 4.74 Å². The number of hydrogen-bond donors (Lipinski definition) is 1. The molecule has 1 aromatic heterocycles. The van der Waals surface area contributed by atoms with Crippen molar-refractivity contribution in [1.82, 2.24) is 4.57 Å². The van der Waals surface area contributed by atoms with Crippen molar-refractivity contribution in [2.75, 3.05) is 14.2 Å². The molecule has 1 N–H and O–H groups in total. The highest BCUT2D eigenvalue weighted by molar-refractivity contribution is 6.00. The maximum atomic E-state index is 11.5. The molecule has 2 aromatic rings. The zero-order valence-corrected chi connectivity index (χ0v) is 9.85. The van der Waals surface area contributed by atoms with Gasteiger partial charge in [-0.2, -0.15) is 0 Å². The third-order valence-electron chi connectivity index (χ3n) is 2.75. The molecule has 90 valence electrons. The molecule has 0 aliphatic carbocycles. The van der Waals surface area contributed by atoms with E-state index in [1.54, 1.807) is 23.7 Å². The van der Waals surface area contributed by atoms with Crippen LogP contribution in [-0.4, -0.2) is 29.9 Å². The molecule has 0 bridgehead atoms. The number of aromatic nitrogens is 1. The summed E-state index contributed by atoms with van der Waals surface area (Å²) in [6.45, 7) is 0. The minimum atomic E-state index is -0.454. The fourth-order valence-corrected chi connectivity index (χ4v) is 1.88. The average molecular weight is 235 g/mol. The highest BCUT2D eigenvalue weighted by Gasteiger charge is 2.18. The second kappa shape index (κ2) is 4.01. The molecule has 0 spiro atoms. The van der Waals surface area contributed by atoms with Crippen LogP contribution < -0.4 is 4.74 Å². The lowest BCUT2D eigenvalue weighted by molar-refractivity contribution is 0.0590. The van der Waals surface area contributed by atoms with Crippen LogP contribution in [0.15, 0.2) is 18.2 Å². The van der Waals surface area contributed by atoms with Crippen LogP contribution in [0.5, 0.6) is 11.5 Å². The first-order chi connectivity index (χ1) is 8.10. The van der Waals surface area contributed by atoms with Gasteiger partial charge in [-0.05, 0) is 18.2 Å². The highest BCUT2D eigenvalue weighted by Crippen LogP contribution is 2.34. The number of rotatable bonds is 2. The van der Waals surface area contributed by atoms with Gasteiger partial charge in [-0.1, -0.05) is 0 Å². The number of aryl methyl sites for hydroxylation is 1. The van der Waals surface area contributed by atoms with Crippen LogP contribution in [0, 0.1) is 0 Å². The lowest BCUT2D eigenvalue weighted by atomic mass is 10.2. The molecule has 0 amide bonds. The van der Waals surface area contributed by atoms with Crippen LogP contribution >= 0.6 is 0 Å². The number of fused-ring (bicyclic) bond motifs is 1. The maximum Gasteiger partial charge on any atom is 0.354 e. The van der Waals surface area contributed by atoms with Gasteiger partial charge in [-0.25, -0.2) is 4.79 Å². The van der Waals surface area contributed by atoms with Gasteiger partial charge in [-0.3, -0.25) is 0 Å². The fourth-order valence-electron chi connectivity index (χ4n) is 1.88. The minimum absolute atomic E-state index is 0.103. The van der Waals surface area contributed by atoms with Gasteiger partial charge < -0.3 is 19.1 Å². The molecule has 0 aliphatic heterocycles. The Morgan fingerprint density at radius 2 is 2.06 bits per heavy atom. The van der Waals surface area contributed by atoms with E-state index in [0.717, 1.165) is 0 Å². The normalized spacial score (nSPS) is 10.5. The zero-order chi connectivity index (χ0) is 12.6. The summed E-state index contributed by atoms with van der Waals surface area (Å²) in [6.07, 6.45) is 0. The third kappa shape index (κ3) is 1.60. The fraction of sp³-hybridized carbons (Fsp3) is 0.250. The van der Waals surface area contributed by atoms with Crippen molar-refractivity contribution in [3.05, 3.63) is 23.9 Å². The van der Waals surface area contributed by atoms with E-state index in [2.05, 4.69) is 4.74 Å². The second-order valence-electron chi connectivity index (χ2n) is 3.63. The topological polar surface area (TPSA) is 60.7 Å². The summed E-state index contributed by atoms with van der Waals surface area (Å²) in [5, 5.41) is 10.3. The van der Waals surface area contributed by atoms with E-state index < -0.39 is 5.97 Å². The Bertz CT molecular complexity index is 586. The number of nitrogens with zero attached hydrogens (tertiary/aromatic N) is 1. The summed E-state index contributed by atoms with van der Waals surface area (Å²) >= 11 is 0. The standard InChI is InChI=1S/C12H13NO4/c1-13-8(12(15)17-3)6-7-9(14)4-5-10(16-2)11(7)13/h4-6,14H,1-3H3. The molecule has 0 saturated carbocycles. The Labute approximate surface area is 98.2 Å². The molecule has 1 heterocycles. The molecule has 1 aromatic carbocycles. The predicted molar refractivity (Wildman–Crippen MR) is 62.5 cm³/mol. The highest BCUT2D eigenvalue weighted by atomic mass is 16.5. The Morgan fingerprint density at radius 3 is 2.65 bits per heavy atom. The summed E-state index contributed by atoms with van der Waals surface area (Å²) in [7, 11) is 4.57. The van der Waals surface area contributed by atoms with Crippen LogP contribution in [0.3, 0.4) is 0 Å². The molecule has 5 nitrogen and oxygen atoms in total. The van der Waals surface area contributed by atoms with Gasteiger partial charge in [0, 0.05) is 12.4 Å². The Morgan fingerprint density at radius 1 is 1.35 bits per heavy atom. The molecule has 0 atom stereocenters. The lowest BCUT2D eigenvalue weighted by Crippen LogP contribution is -2.07. The number of aromatic hydroxyl groups is 1. The van der Waals surface area contributed by atoms with E-state index in [1.165, 1.54) is 20.3 Å². The first kappa shape index (κ1) is 11.3. The van der Waals surface area contributed by atoms with Crippen LogP contribution in [0.4, 0.5) is 0 Å². The van der Waals surface area contributed by atoms with Crippen molar-refractivity contribution in [3.63, 3.8) is 0 Å². The quantitative estimate of drug-likeness (QED) is 0.804. The van der Waals surface area contributed by atoms with Crippen molar-refractivity contribution in [1.29, 1.82) is 0 Å². The van der Waals surface area contributed by atoms with Gasteiger partial charge in [0.25, 0.3) is 0 Å². The maximum absolute atomic E-state index is 11.5. The van der Waals surface area contributed by atoms with Crippen LogP contribution in [-0.2, 0) is 11.8 Å². The predicted octanol–water partition coefficient (Wildman–Crippen LogP) is 1.68. The van der Waals surface area contributed by atoms with Crippen molar-refractivity contribution in [2.24, 2.45) is 7.05 Å². The molecule has 2 rings (SSSR count). The summed E-state index contributed by atoms with van der Waals surface area (Å²) in [6, 6.07) is 4.76. The second-order valence-corrected chi connectivity index (χ2v) is 3.63. The number of methoxy groups -OCH3 is 2. The largest absolute Gasteiger partial charge is 0.507 e. The average Bonchev–Trinajstić information content (AvgIpc) is 2.69. The van der Waals surface area contributed by atoms with Crippen LogP contribution in [0.25, 0.3) is 10.9 Å². The smallest absolute Gasteiger partial charge is 0.354 e. The molecule has 0 fully saturated rings. The molecule has 0 saturated heterocycles. The molecule has 0 aliphatic rings. The minimum Gasteiger partial charge on any atom is -0.507 e. The Hall–Kier alpha value is -2.17. The van der Waals surface area contributed by atoms with E-state index in [1.807, 2.05) is 0 Å². The van der Waals surface area contributed by atoms with E-state index in [9.17, 15) is 9.90 Å². The van der Waals surface area contributed by atoms with Gasteiger partial charge in [0.1, 0.15) is 17.2 Å². The van der Waals surface area contributed by atoms with E-state index in [-0.39, 0.29) is 5.75 Å². The summed E-state index contributed by atoms with van der Waals surface area (Å²) in [5.41, 5.74) is 1.02. The van der Waals surface area contributed by atoms with Crippen LogP contribution in [0.2, 0.25) is 0 Å². The summed E-state index contributed by atoms with van der Waals surface area (Å²) in [4.78, 5) is 11.5. The van der Waals surface area contributed by atoms with Gasteiger partial charge in [0.05, 0.1) is 19.7 Å². The number of benzene rings is 1. The first-order valence-corrected chi connectivity index (χ1v) is 5.03. The Kier molecular flexibility index (Phi) is 2.67.